The Kier molecular flexibility index (Phi) is 3.34. The van der Waals surface area contributed by atoms with Crippen LogP contribution < -0.4 is 0 Å². The highest BCUT2D eigenvalue weighted by Gasteiger charge is 2.30. The first-order valence-corrected chi connectivity index (χ1v) is 6.02. The number of hydrogen-bond donors (Lipinski definition) is 1. The van der Waals surface area contributed by atoms with Crippen molar-refractivity contribution in [2.45, 2.75) is 25.8 Å². The van der Waals surface area contributed by atoms with Gasteiger partial charge in [-0.2, -0.15) is 0 Å². The summed E-state index contributed by atoms with van der Waals surface area (Å²) in [6, 6.07) is 7.23. The van der Waals surface area contributed by atoms with Crippen LogP contribution in [-0.4, -0.2) is 28.1 Å². The van der Waals surface area contributed by atoms with Crippen molar-refractivity contribution in [1.29, 1.82) is 0 Å². The topological polar surface area (TPSA) is 66.7 Å². The van der Waals surface area contributed by atoms with Gasteiger partial charge in [0.2, 0.25) is 5.78 Å². The summed E-state index contributed by atoms with van der Waals surface area (Å²) < 4.78 is 0. The number of rotatable bonds is 4. The van der Waals surface area contributed by atoms with E-state index in [4.69, 9.17) is 5.11 Å². The fourth-order valence-electron chi connectivity index (χ4n) is 1.99. The van der Waals surface area contributed by atoms with E-state index in [1.54, 1.807) is 31.2 Å². The maximum absolute atomic E-state index is 12.2. The molecule has 0 bridgehead atoms. The molecular formula is C15H15NO3. The summed E-state index contributed by atoms with van der Waals surface area (Å²) in [5.41, 5.74) is 1.14. The normalized spacial score (nSPS) is 21.3. The van der Waals surface area contributed by atoms with Gasteiger partial charge in [-0.25, -0.2) is 0 Å². The van der Waals surface area contributed by atoms with Crippen LogP contribution in [0.1, 0.15) is 29.3 Å². The molecule has 0 spiro atoms. The number of aliphatic imine (C=N–C) groups is 1. The highest BCUT2D eigenvalue weighted by molar-refractivity contribution is 6.50. The number of aryl methyl sites for hydroxylation is 1. The van der Waals surface area contributed by atoms with Gasteiger partial charge in [0.1, 0.15) is 5.71 Å². The Morgan fingerprint density at radius 2 is 1.89 bits per heavy atom. The number of allylic oxidation sites excluding steroid dienone is 1. The third-order valence-electron chi connectivity index (χ3n) is 3.03. The highest BCUT2D eigenvalue weighted by Crippen LogP contribution is 2.24. The standard InChI is InChI=1S/C15H15NO3/c1-10-3-5-11(6-4-10)14(19)12-7-8-15(2,16-12)9-13(17)18/h3-8H,9H2,1-2H3,(H,17,18). The van der Waals surface area contributed by atoms with Crippen LogP contribution in [0.5, 0.6) is 0 Å². The van der Waals surface area contributed by atoms with Gasteiger partial charge in [0.25, 0.3) is 0 Å². The van der Waals surface area contributed by atoms with E-state index < -0.39 is 11.5 Å². The van der Waals surface area contributed by atoms with Gasteiger partial charge in [-0.1, -0.05) is 35.9 Å². The van der Waals surface area contributed by atoms with Crippen molar-refractivity contribution in [3.63, 3.8) is 0 Å². The number of hydrogen-bond acceptors (Lipinski definition) is 3. The van der Waals surface area contributed by atoms with Crippen LogP contribution in [0.25, 0.3) is 0 Å². The van der Waals surface area contributed by atoms with Crippen molar-refractivity contribution in [3.8, 4) is 0 Å². The lowest BCUT2D eigenvalue weighted by atomic mass is 10.0. The summed E-state index contributed by atoms with van der Waals surface area (Å²) in [7, 11) is 0. The molecular weight excluding hydrogens is 242 g/mol. The predicted octanol–water partition coefficient (Wildman–Crippen LogP) is 2.42. The molecule has 1 aliphatic rings. The zero-order valence-electron chi connectivity index (χ0n) is 10.9. The molecule has 0 radical (unpaired) electrons. The molecule has 0 fully saturated rings. The maximum Gasteiger partial charge on any atom is 0.306 e. The highest BCUT2D eigenvalue weighted by atomic mass is 16.4. The summed E-state index contributed by atoms with van der Waals surface area (Å²) in [5.74, 6) is -1.11. The molecule has 4 heteroatoms. The van der Waals surface area contributed by atoms with Gasteiger partial charge in [-0.15, -0.1) is 0 Å². The van der Waals surface area contributed by atoms with Crippen LogP contribution in [0.3, 0.4) is 0 Å². The Labute approximate surface area is 111 Å². The molecule has 1 atom stereocenters. The van der Waals surface area contributed by atoms with Gasteiger partial charge in [0.05, 0.1) is 12.0 Å². The SMILES string of the molecule is Cc1ccc(C(=O)C2=NC(C)(CC(=O)O)C=C2)cc1. The first kappa shape index (κ1) is 13.2. The van der Waals surface area contributed by atoms with E-state index in [-0.39, 0.29) is 12.2 Å². The van der Waals surface area contributed by atoms with E-state index in [0.717, 1.165) is 5.56 Å². The fraction of sp³-hybridized carbons (Fsp3) is 0.267. The lowest BCUT2D eigenvalue weighted by Gasteiger charge is -2.14. The fourth-order valence-corrected chi connectivity index (χ4v) is 1.99. The minimum Gasteiger partial charge on any atom is -0.481 e. The molecule has 2 rings (SSSR count). The van der Waals surface area contributed by atoms with Crippen molar-refractivity contribution in [1.82, 2.24) is 0 Å². The molecule has 0 saturated carbocycles. The summed E-state index contributed by atoms with van der Waals surface area (Å²) >= 11 is 0. The van der Waals surface area contributed by atoms with Crippen molar-refractivity contribution in [2.75, 3.05) is 0 Å². The average Bonchev–Trinajstić information content (AvgIpc) is 2.70. The molecule has 1 N–H and O–H groups in total. The van der Waals surface area contributed by atoms with Crippen molar-refractivity contribution in [3.05, 3.63) is 47.5 Å². The summed E-state index contributed by atoms with van der Waals surface area (Å²) in [6.07, 6.45) is 3.15. The Hall–Kier alpha value is -2.23. The third-order valence-corrected chi connectivity index (χ3v) is 3.03. The first-order chi connectivity index (χ1) is 8.89. The number of carboxylic acid groups (broad SMARTS) is 1. The number of Topliss-reactive ketones (excluding diaryl/α,β-unsaturated/α-hetero) is 1. The van der Waals surface area contributed by atoms with E-state index >= 15 is 0 Å². The van der Waals surface area contributed by atoms with Gasteiger partial charge in [0, 0.05) is 5.56 Å². The number of ketones is 1. The van der Waals surface area contributed by atoms with Crippen LogP contribution in [0, 0.1) is 6.92 Å². The third kappa shape index (κ3) is 2.96. The number of carboxylic acids is 1. The minimum atomic E-state index is -0.931. The summed E-state index contributed by atoms with van der Waals surface area (Å²) in [4.78, 5) is 27.2. The van der Waals surface area contributed by atoms with Crippen LogP contribution in [0.2, 0.25) is 0 Å². The largest absolute Gasteiger partial charge is 0.481 e. The lowest BCUT2D eigenvalue weighted by molar-refractivity contribution is -0.137. The van der Waals surface area contributed by atoms with E-state index in [2.05, 4.69) is 4.99 Å². The molecule has 0 saturated heterocycles. The lowest BCUT2D eigenvalue weighted by Crippen LogP contribution is -2.22. The molecule has 1 aromatic rings. The number of benzene rings is 1. The van der Waals surface area contributed by atoms with E-state index in [1.807, 2.05) is 19.1 Å². The maximum atomic E-state index is 12.2. The number of nitrogens with zero attached hydrogens (tertiary/aromatic N) is 1. The van der Waals surface area contributed by atoms with Crippen LogP contribution in [0.15, 0.2) is 41.4 Å². The second-order valence-corrected chi connectivity index (χ2v) is 4.95. The van der Waals surface area contributed by atoms with E-state index in [9.17, 15) is 9.59 Å². The molecule has 0 aliphatic carbocycles. The van der Waals surface area contributed by atoms with Crippen LogP contribution in [-0.2, 0) is 4.79 Å². The molecule has 0 amide bonds. The van der Waals surface area contributed by atoms with E-state index in [0.29, 0.717) is 11.3 Å². The number of aliphatic carboxylic acids is 1. The quantitative estimate of drug-likeness (QED) is 0.842. The Morgan fingerprint density at radius 3 is 2.47 bits per heavy atom. The first-order valence-electron chi connectivity index (χ1n) is 6.02. The molecule has 1 heterocycles. The zero-order chi connectivity index (χ0) is 14.0. The van der Waals surface area contributed by atoms with Crippen molar-refractivity contribution in [2.24, 2.45) is 4.99 Å². The molecule has 98 valence electrons. The number of carbonyl (C=O) groups is 2. The van der Waals surface area contributed by atoms with Gasteiger partial charge in [0.15, 0.2) is 0 Å². The van der Waals surface area contributed by atoms with Crippen LogP contribution >= 0.6 is 0 Å². The Balaban J connectivity index is 2.22. The Morgan fingerprint density at radius 1 is 1.26 bits per heavy atom. The van der Waals surface area contributed by atoms with Crippen molar-refractivity contribution < 1.29 is 14.7 Å². The predicted molar refractivity (Wildman–Crippen MR) is 72.7 cm³/mol. The second-order valence-electron chi connectivity index (χ2n) is 4.95. The number of carbonyl (C=O) groups excluding carboxylic acids is 1. The summed E-state index contributed by atoms with van der Waals surface area (Å²) in [6.45, 7) is 3.65. The molecule has 1 aliphatic heterocycles. The monoisotopic (exact) mass is 257 g/mol. The Bertz CT molecular complexity index is 584. The molecule has 1 aromatic carbocycles. The zero-order valence-corrected chi connectivity index (χ0v) is 10.9. The second kappa shape index (κ2) is 4.80. The van der Waals surface area contributed by atoms with Gasteiger partial charge in [-0.05, 0) is 19.9 Å². The van der Waals surface area contributed by atoms with Crippen molar-refractivity contribution >= 4 is 17.5 Å². The van der Waals surface area contributed by atoms with E-state index in [1.165, 1.54) is 0 Å². The van der Waals surface area contributed by atoms with Crippen LogP contribution in [0.4, 0.5) is 0 Å². The molecule has 1 unspecified atom stereocenters. The molecule has 19 heavy (non-hydrogen) atoms. The summed E-state index contributed by atoms with van der Waals surface area (Å²) in [5, 5.41) is 8.82. The molecule has 0 aromatic heterocycles. The van der Waals surface area contributed by atoms with Gasteiger partial charge < -0.3 is 5.11 Å². The van der Waals surface area contributed by atoms with Gasteiger partial charge in [-0.3, -0.25) is 14.6 Å². The molecule has 4 nitrogen and oxygen atoms in total. The van der Waals surface area contributed by atoms with Gasteiger partial charge >= 0.3 is 5.97 Å². The smallest absolute Gasteiger partial charge is 0.306 e. The minimum absolute atomic E-state index is 0.117. The average molecular weight is 257 g/mol.